The first-order chi connectivity index (χ1) is 11.4. The molecule has 1 nitrogen and oxygen atoms in total. The zero-order chi connectivity index (χ0) is 17.1. The highest BCUT2D eigenvalue weighted by Crippen LogP contribution is 2.52. The molecule has 0 saturated carbocycles. The maximum Gasteiger partial charge on any atom is 0.216 e. The van der Waals surface area contributed by atoms with Gasteiger partial charge in [0.1, 0.15) is 7.05 Å². The number of nitrogens with zero attached hydrogens (tertiary/aromatic N) is 1. The molecule has 0 atom stereocenters. The molecule has 0 unspecified atom stereocenters. The lowest BCUT2D eigenvalue weighted by Gasteiger charge is -2.22. The summed E-state index contributed by atoms with van der Waals surface area (Å²) in [5.41, 5.74) is 11.1. The van der Waals surface area contributed by atoms with Crippen molar-refractivity contribution in [2.45, 2.75) is 33.1 Å². The molecule has 120 valence electrons. The molecule has 0 saturated heterocycles. The van der Waals surface area contributed by atoms with Crippen LogP contribution in [0.2, 0.25) is 0 Å². The van der Waals surface area contributed by atoms with Crippen LogP contribution in [0, 0.1) is 13.8 Å². The number of aryl methyl sites for hydroxylation is 3. The average molecular weight is 314 g/mol. The van der Waals surface area contributed by atoms with E-state index in [0.29, 0.717) is 0 Å². The predicted molar refractivity (Wildman–Crippen MR) is 100 cm³/mol. The highest BCUT2D eigenvalue weighted by atomic mass is 14.9. The van der Waals surface area contributed by atoms with Crippen LogP contribution in [0.5, 0.6) is 0 Å². The molecule has 0 fully saturated rings. The molecule has 3 aromatic rings. The van der Waals surface area contributed by atoms with Crippen LogP contribution in [0.4, 0.5) is 0 Å². The van der Waals surface area contributed by atoms with E-state index in [1.54, 1.807) is 0 Å². The van der Waals surface area contributed by atoms with E-state index >= 15 is 0 Å². The van der Waals surface area contributed by atoms with Gasteiger partial charge in [0, 0.05) is 22.6 Å². The maximum atomic E-state index is 2.34. The lowest BCUT2D eigenvalue weighted by molar-refractivity contribution is -0.660. The quantitative estimate of drug-likeness (QED) is 0.550. The molecule has 1 aliphatic carbocycles. The Kier molecular flexibility index (Phi) is 3.18. The summed E-state index contributed by atoms with van der Waals surface area (Å²) in [6.45, 7) is 9.12. The SMILES string of the molecule is Cc1ccc2c(c1-c1c(C)ccc[n+]1C)-c1ccccc1C2(C)C. The van der Waals surface area contributed by atoms with Gasteiger partial charge in [-0.3, -0.25) is 0 Å². The fourth-order valence-electron chi connectivity index (χ4n) is 4.33. The zero-order valence-corrected chi connectivity index (χ0v) is 15.1. The molecule has 1 heterocycles. The fourth-order valence-corrected chi connectivity index (χ4v) is 4.33. The zero-order valence-electron chi connectivity index (χ0n) is 15.1. The Morgan fingerprint density at radius 2 is 1.50 bits per heavy atom. The van der Waals surface area contributed by atoms with Crippen LogP contribution in [0.15, 0.2) is 54.7 Å². The Balaban J connectivity index is 2.17. The second-order valence-corrected chi connectivity index (χ2v) is 7.50. The number of hydrogen-bond acceptors (Lipinski definition) is 0. The van der Waals surface area contributed by atoms with E-state index in [1.807, 2.05) is 0 Å². The summed E-state index contributed by atoms with van der Waals surface area (Å²) in [6.07, 6.45) is 2.15. The molecule has 0 bridgehead atoms. The van der Waals surface area contributed by atoms with Crippen LogP contribution in [0.1, 0.15) is 36.1 Å². The summed E-state index contributed by atoms with van der Waals surface area (Å²) in [5, 5.41) is 0. The number of pyridine rings is 1. The summed E-state index contributed by atoms with van der Waals surface area (Å²) in [4.78, 5) is 0. The molecule has 1 heteroatoms. The van der Waals surface area contributed by atoms with E-state index in [9.17, 15) is 0 Å². The second kappa shape index (κ2) is 5.04. The van der Waals surface area contributed by atoms with Gasteiger partial charge in [-0.1, -0.05) is 50.2 Å². The molecule has 0 spiro atoms. The van der Waals surface area contributed by atoms with Crippen LogP contribution in [0.25, 0.3) is 22.4 Å². The van der Waals surface area contributed by atoms with Crippen molar-refractivity contribution in [1.29, 1.82) is 0 Å². The molecule has 0 aliphatic heterocycles. The van der Waals surface area contributed by atoms with Gasteiger partial charge >= 0.3 is 0 Å². The molecule has 0 amide bonds. The van der Waals surface area contributed by atoms with Gasteiger partial charge in [0.05, 0.1) is 5.56 Å². The minimum atomic E-state index is 0.0512. The number of benzene rings is 2. The molecule has 2 aromatic carbocycles. The third-order valence-electron chi connectivity index (χ3n) is 5.58. The van der Waals surface area contributed by atoms with Crippen LogP contribution in [-0.4, -0.2) is 0 Å². The Hall–Kier alpha value is -2.41. The van der Waals surface area contributed by atoms with Gasteiger partial charge < -0.3 is 0 Å². The Morgan fingerprint density at radius 1 is 0.750 bits per heavy atom. The summed E-state index contributed by atoms with van der Waals surface area (Å²) in [6, 6.07) is 17.8. The lowest BCUT2D eigenvalue weighted by atomic mass is 9.81. The van der Waals surface area contributed by atoms with E-state index in [-0.39, 0.29) is 5.41 Å². The number of hydrogen-bond donors (Lipinski definition) is 0. The molecule has 24 heavy (non-hydrogen) atoms. The number of aromatic nitrogens is 1. The molecular weight excluding hydrogens is 290 g/mol. The van der Waals surface area contributed by atoms with Gasteiger partial charge in [0.15, 0.2) is 6.20 Å². The van der Waals surface area contributed by atoms with Gasteiger partial charge in [-0.15, -0.1) is 0 Å². The molecule has 0 radical (unpaired) electrons. The fraction of sp³-hybridized carbons (Fsp3) is 0.261. The molecule has 0 N–H and O–H groups in total. The molecule has 4 rings (SSSR count). The van der Waals surface area contributed by atoms with Gasteiger partial charge in [0.25, 0.3) is 0 Å². The highest BCUT2D eigenvalue weighted by Gasteiger charge is 2.38. The van der Waals surface area contributed by atoms with Crippen molar-refractivity contribution in [3.8, 4) is 22.4 Å². The summed E-state index contributed by atoms with van der Waals surface area (Å²) >= 11 is 0. The molecular formula is C23H24N+. The van der Waals surface area contributed by atoms with Crippen LogP contribution < -0.4 is 4.57 Å². The van der Waals surface area contributed by atoms with Crippen molar-refractivity contribution in [3.05, 3.63) is 77.0 Å². The summed E-state index contributed by atoms with van der Waals surface area (Å²) in [5.74, 6) is 0. The third-order valence-corrected chi connectivity index (χ3v) is 5.58. The van der Waals surface area contributed by atoms with Crippen LogP contribution >= 0.6 is 0 Å². The predicted octanol–water partition coefficient (Wildman–Crippen LogP) is 5.10. The number of fused-ring (bicyclic) bond motifs is 3. The first-order valence-electron chi connectivity index (χ1n) is 8.62. The summed E-state index contributed by atoms with van der Waals surface area (Å²) in [7, 11) is 2.15. The smallest absolute Gasteiger partial charge is 0.201 e. The van der Waals surface area contributed by atoms with Crippen molar-refractivity contribution in [2.24, 2.45) is 7.05 Å². The first-order valence-corrected chi connectivity index (χ1v) is 8.62. The lowest BCUT2D eigenvalue weighted by Crippen LogP contribution is -2.31. The van der Waals surface area contributed by atoms with Gasteiger partial charge in [-0.2, -0.15) is 0 Å². The highest BCUT2D eigenvalue weighted by molar-refractivity contribution is 5.93. The van der Waals surface area contributed by atoms with Gasteiger partial charge in [-0.05, 0) is 42.2 Å². The minimum absolute atomic E-state index is 0.0512. The van der Waals surface area contributed by atoms with Crippen LogP contribution in [0.3, 0.4) is 0 Å². The second-order valence-electron chi connectivity index (χ2n) is 7.50. The van der Waals surface area contributed by atoms with E-state index in [0.717, 1.165) is 0 Å². The van der Waals surface area contributed by atoms with Crippen LogP contribution in [-0.2, 0) is 12.5 Å². The Bertz CT molecular complexity index is 944. The van der Waals surface area contributed by atoms with Crippen molar-refractivity contribution >= 4 is 0 Å². The maximum absolute atomic E-state index is 2.34. The van der Waals surface area contributed by atoms with Crippen molar-refractivity contribution in [3.63, 3.8) is 0 Å². The average Bonchev–Trinajstić information content (AvgIpc) is 2.78. The van der Waals surface area contributed by atoms with E-state index < -0.39 is 0 Å². The Morgan fingerprint density at radius 3 is 2.25 bits per heavy atom. The van der Waals surface area contributed by atoms with E-state index in [4.69, 9.17) is 0 Å². The molecule has 1 aliphatic rings. The normalized spacial score (nSPS) is 14.4. The van der Waals surface area contributed by atoms with Gasteiger partial charge in [-0.25, -0.2) is 4.57 Å². The molecule has 1 aromatic heterocycles. The monoisotopic (exact) mass is 314 g/mol. The van der Waals surface area contributed by atoms with Crippen molar-refractivity contribution in [1.82, 2.24) is 0 Å². The largest absolute Gasteiger partial charge is 0.216 e. The van der Waals surface area contributed by atoms with E-state index in [2.05, 4.69) is 94.0 Å². The van der Waals surface area contributed by atoms with E-state index in [1.165, 1.54) is 44.6 Å². The number of rotatable bonds is 1. The first kappa shape index (κ1) is 15.1. The third kappa shape index (κ3) is 1.91. The van der Waals surface area contributed by atoms with Gasteiger partial charge in [0.2, 0.25) is 5.69 Å². The Labute approximate surface area is 144 Å². The van der Waals surface area contributed by atoms with Crippen molar-refractivity contribution in [2.75, 3.05) is 0 Å². The standard InChI is InChI=1S/C23H24N/c1-15-12-13-19-21(17-10-6-7-11-18(17)23(19,3)4)20(15)22-16(2)9-8-14-24(22)5/h6-14H,1-5H3/q+1. The summed E-state index contributed by atoms with van der Waals surface area (Å²) < 4.78 is 2.26. The van der Waals surface area contributed by atoms with Crippen molar-refractivity contribution < 1.29 is 4.57 Å². The topological polar surface area (TPSA) is 3.88 Å². The minimum Gasteiger partial charge on any atom is -0.201 e.